The van der Waals surface area contributed by atoms with Crippen LogP contribution in [0.3, 0.4) is 0 Å². The Bertz CT molecular complexity index is 321. The Morgan fingerprint density at radius 3 is 2.67 bits per heavy atom. The first-order chi connectivity index (χ1) is 7.36. The molecule has 2 heterocycles. The SMILES string of the molecule is O=C(Nc1ccncc1)N1CCNCC1. The molecule has 80 valence electrons. The molecule has 2 rings (SSSR count). The third-order valence-corrected chi connectivity index (χ3v) is 2.34. The molecule has 0 atom stereocenters. The lowest BCUT2D eigenvalue weighted by Crippen LogP contribution is -2.48. The highest BCUT2D eigenvalue weighted by atomic mass is 16.2. The van der Waals surface area contributed by atoms with Crippen molar-refractivity contribution < 1.29 is 4.79 Å². The van der Waals surface area contributed by atoms with Crippen LogP contribution in [0.25, 0.3) is 0 Å². The second kappa shape index (κ2) is 4.75. The van der Waals surface area contributed by atoms with E-state index in [1.54, 1.807) is 29.4 Å². The normalized spacial score (nSPS) is 16.1. The second-order valence-corrected chi connectivity index (χ2v) is 3.40. The molecule has 1 aromatic rings. The van der Waals surface area contributed by atoms with E-state index in [0.29, 0.717) is 0 Å². The number of rotatable bonds is 1. The van der Waals surface area contributed by atoms with Crippen LogP contribution in [-0.2, 0) is 0 Å². The quantitative estimate of drug-likeness (QED) is 0.704. The van der Waals surface area contributed by atoms with Crippen molar-refractivity contribution in [3.05, 3.63) is 24.5 Å². The average molecular weight is 206 g/mol. The largest absolute Gasteiger partial charge is 0.322 e. The van der Waals surface area contributed by atoms with Crippen molar-refractivity contribution in [1.29, 1.82) is 0 Å². The molecule has 1 aliphatic heterocycles. The van der Waals surface area contributed by atoms with Gasteiger partial charge in [-0.25, -0.2) is 4.79 Å². The number of amides is 2. The number of nitrogens with one attached hydrogen (secondary N) is 2. The van der Waals surface area contributed by atoms with Gasteiger partial charge in [-0.05, 0) is 12.1 Å². The van der Waals surface area contributed by atoms with E-state index in [1.165, 1.54) is 0 Å². The summed E-state index contributed by atoms with van der Waals surface area (Å²) in [5.41, 5.74) is 0.786. The van der Waals surface area contributed by atoms with Crippen LogP contribution in [0.2, 0.25) is 0 Å². The van der Waals surface area contributed by atoms with Gasteiger partial charge in [0.05, 0.1) is 0 Å². The van der Waals surface area contributed by atoms with Crippen molar-refractivity contribution >= 4 is 11.7 Å². The van der Waals surface area contributed by atoms with Crippen LogP contribution in [0.15, 0.2) is 24.5 Å². The number of carbonyl (C=O) groups is 1. The van der Waals surface area contributed by atoms with E-state index in [0.717, 1.165) is 31.9 Å². The van der Waals surface area contributed by atoms with Crippen molar-refractivity contribution in [1.82, 2.24) is 15.2 Å². The van der Waals surface area contributed by atoms with Crippen LogP contribution >= 0.6 is 0 Å². The summed E-state index contributed by atoms with van der Waals surface area (Å²) in [5.74, 6) is 0. The standard InChI is InChI=1S/C10H14N4O/c15-10(14-7-5-12-6-8-14)13-9-1-3-11-4-2-9/h1-4,12H,5-8H2,(H,11,13,15). The maximum atomic E-state index is 11.7. The molecule has 2 amide bonds. The molecule has 1 fully saturated rings. The Morgan fingerprint density at radius 2 is 2.00 bits per heavy atom. The zero-order valence-electron chi connectivity index (χ0n) is 8.44. The summed E-state index contributed by atoms with van der Waals surface area (Å²) in [5, 5.41) is 6.03. The Hall–Kier alpha value is -1.62. The number of carbonyl (C=O) groups excluding carboxylic acids is 1. The lowest BCUT2D eigenvalue weighted by molar-refractivity contribution is 0.204. The molecule has 0 saturated carbocycles. The monoisotopic (exact) mass is 206 g/mol. The predicted octanol–water partition coefficient (Wildman–Crippen LogP) is 0.519. The zero-order valence-corrected chi connectivity index (χ0v) is 8.44. The van der Waals surface area contributed by atoms with E-state index in [9.17, 15) is 4.79 Å². The van der Waals surface area contributed by atoms with Gasteiger partial charge < -0.3 is 15.5 Å². The van der Waals surface area contributed by atoms with Crippen molar-refractivity contribution in [2.45, 2.75) is 0 Å². The number of nitrogens with zero attached hydrogens (tertiary/aromatic N) is 2. The Balaban J connectivity index is 1.91. The van der Waals surface area contributed by atoms with E-state index >= 15 is 0 Å². The summed E-state index contributed by atoms with van der Waals surface area (Å²) in [6.45, 7) is 3.25. The maximum Gasteiger partial charge on any atom is 0.321 e. The van der Waals surface area contributed by atoms with E-state index in [-0.39, 0.29) is 6.03 Å². The van der Waals surface area contributed by atoms with E-state index in [4.69, 9.17) is 0 Å². The van der Waals surface area contributed by atoms with E-state index < -0.39 is 0 Å². The van der Waals surface area contributed by atoms with Gasteiger partial charge in [-0.2, -0.15) is 0 Å². The van der Waals surface area contributed by atoms with Gasteiger partial charge in [0.1, 0.15) is 0 Å². The lowest BCUT2D eigenvalue weighted by Gasteiger charge is -2.27. The van der Waals surface area contributed by atoms with Crippen LogP contribution < -0.4 is 10.6 Å². The Morgan fingerprint density at radius 1 is 1.33 bits per heavy atom. The fourth-order valence-electron chi connectivity index (χ4n) is 1.51. The number of anilines is 1. The number of urea groups is 1. The van der Waals surface area contributed by atoms with Gasteiger partial charge in [0, 0.05) is 44.3 Å². The summed E-state index contributed by atoms with van der Waals surface area (Å²) in [4.78, 5) is 17.4. The Labute approximate surface area is 88.5 Å². The molecule has 0 aromatic carbocycles. The lowest BCUT2D eigenvalue weighted by atomic mass is 10.4. The third kappa shape index (κ3) is 2.66. The summed E-state index contributed by atoms with van der Waals surface area (Å²) < 4.78 is 0. The molecule has 0 spiro atoms. The number of pyridine rings is 1. The summed E-state index contributed by atoms with van der Waals surface area (Å²) in [6, 6.07) is 3.52. The number of piperazine rings is 1. The molecule has 15 heavy (non-hydrogen) atoms. The highest BCUT2D eigenvalue weighted by Gasteiger charge is 2.15. The van der Waals surface area contributed by atoms with Crippen LogP contribution in [0.4, 0.5) is 10.5 Å². The molecule has 2 N–H and O–H groups in total. The van der Waals surface area contributed by atoms with Crippen LogP contribution in [0.5, 0.6) is 0 Å². The minimum atomic E-state index is -0.0392. The number of hydrogen-bond acceptors (Lipinski definition) is 3. The predicted molar refractivity (Wildman–Crippen MR) is 57.7 cm³/mol. The average Bonchev–Trinajstić information content (AvgIpc) is 2.31. The maximum absolute atomic E-state index is 11.7. The highest BCUT2D eigenvalue weighted by Crippen LogP contribution is 2.05. The third-order valence-electron chi connectivity index (χ3n) is 2.34. The fourth-order valence-corrected chi connectivity index (χ4v) is 1.51. The number of aromatic nitrogens is 1. The minimum Gasteiger partial charge on any atom is -0.322 e. The second-order valence-electron chi connectivity index (χ2n) is 3.40. The van der Waals surface area contributed by atoms with Crippen LogP contribution in [0, 0.1) is 0 Å². The Kier molecular flexibility index (Phi) is 3.14. The molecule has 1 aromatic heterocycles. The fraction of sp³-hybridized carbons (Fsp3) is 0.400. The molecular weight excluding hydrogens is 192 g/mol. The topological polar surface area (TPSA) is 57.3 Å². The first-order valence-electron chi connectivity index (χ1n) is 5.03. The van der Waals surface area contributed by atoms with Gasteiger partial charge >= 0.3 is 6.03 Å². The van der Waals surface area contributed by atoms with Crippen molar-refractivity contribution in [2.75, 3.05) is 31.5 Å². The van der Waals surface area contributed by atoms with Gasteiger partial charge in [0.25, 0.3) is 0 Å². The smallest absolute Gasteiger partial charge is 0.321 e. The van der Waals surface area contributed by atoms with Gasteiger partial charge in [-0.1, -0.05) is 0 Å². The van der Waals surface area contributed by atoms with E-state index in [2.05, 4.69) is 15.6 Å². The molecule has 5 heteroatoms. The summed E-state index contributed by atoms with van der Waals surface area (Å²) >= 11 is 0. The first-order valence-corrected chi connectivity index (χ1v) is 5.03. The minimum absolute atomic E-state index is 0.0392. The molecule has 5 nitrogen and oxygen atoms in total. The van der Waals surface area contributed by atoms with Crippen LogP contribution in [0.1, 0.15) is 0 Å². The summed E-state index contributed by atoms with van der Waals surface area (Å²) in [7, 11) is 0. The molecule has 0 aliphatic carbocycles. The van der Waals surface area contributed by atoms with E-state index in [1.807, 2.05) is 0 Å². The van der Waals surface area contributed by atoms with Gasteiger partial charge in [0.15, 0.2) is 0 Å². The highest BCUT2D eigenvalue weighted by molar-refractivity contribution is 5.89. The summed E-state index contributed by atoms with van der Waals surface area (Å²) in [6.07, 6.45) is 3.32. The van der Waals surface area contributed by atoms with Crippen molar-refractivity contribution in [2.24, 2.45) is 0 Å². The molecule has 1 aliphatic rings. The number of hydrogen-bond donors (Lipinski definition) is 2. The van der Waals surface area contributed by atoms with Gasteiger partial charge in [0.2, 0.25) is 0 Å². The van der Waals surface area contributed by atoms with Gasteiger partial charge in [-0.3, -0.25) is 4.98 Å². The molecule has 0 unspecified atom stereocenters. The zero-order chi connectivity index (χ0) is 10.5. The first kappa shape index (κ1) is 9.92. The van der Waals surface area contributed by atoms with Crippen LogP contribution in [-0.4, -0.2) is 42.1 Å². The molecule has 0 radical (unpaired) electrons. The molecule has 1 saturated heterocycles. The van der Waals surface area contributed by atoms with Crippen molar-refractivity contribution in [3.8, 4) is 0 Å². The molecule has 0 bridgehead atoms. The van der Waals surface area contributed by atoms with Gasteiger partial charge in [-0.15, -0.1) is 0 Å². The van der Waals surface area contributed by atoms with Crippen molar-refractivity contribution in [3.63, 3.8) is 0 Å². The molecular formula is C10H14N4O.